The molecule has 1 aromatic rings. The van der Waals surface area contributed by atoms with E-state index in [1.165, 1.54) is 22.3 Å². The Balaban J connectivity index is 2.71. The molecule has 0 radical (unpaired) electrons. The highest BCUT2D eigenvalue weighted by Crippen LogP contribution is 2.35. The fourth-order valence-electron chi connectivity index (χ4n) is 2.76. The zero-order chi connectivity index (χ0) is 13.4. The second kappa shape index (κ2) is 4.56. The van der Waals surface area contributed by atoms with Crippen LogP contribution >= 0.6 is 0 Å². The molecule has 2 atom stereocenters. The molecule has 0 spiro atoms. The SMILES string of the molecule is C=CC(=C)C1=NC(C)C(C)c2c(C)cc(C)cc21. The zero-order valence-electron chi connectivity index (χ0n) is 11.7. The number of hydrogen-bond donors (Lipinski definition) is 0. The Morgan fingerprint density at radius 2 is 1.94 bits per heavy atom. The molecule has 2 rings (SSSR count). The van der Waals surface area contributed by atoms with Crippen molar-refractivity contribution >= 4 is 5.71 Å². The summed E-state index contributed by atoms with van der Waals surface area (Å²) in [5, 5.41) is 0. The highest BCUT2D eigenvalue weighted by atomic mass is 14.8. The van der Waals surface area contributed by atoms with E-state index in [1.807, 2.05) is 0 Å². The van der Waals surface area contributed by atoms with Crippen molar-refractivity contribution in [1.29, 1.82) is 0 Å². The summed E-state index contributed by atoms with van der Waals surface area (Å²) < 4.78 is 0. The number of nitrogens with zero attached hydrogens (tertiary/aromatic N) is 1. The van der Waals surface area contributed by atoms with Crippen molar-refractivity contribution in [2.24, 2.45) is 4.99 Å². The molecule has 0 N–H and O–H groups in total. The minimum atomic E-state index is 0.297. The Morgan fingerprint density at radius 3 is 2.56 bits per heavy atom. The molecular formula is C17H21N. The van der Waals surface area contributed by atoms with E-state index in [1.54, 1.807) is 6.08 Å². The zero-order valence-corrected chi connectivity index (χ0v) is 11.7. The topological polar surface area (TPSA) is 12.4 Å². The number of hydrogen-bond acceptors (Lipinski definition) is 1. The summed E-state index contributed by atoms with van der Waals surface area (Å²) in [5.41, 5.74) is 7.22. The first-order valence-corrected chi connectivity index (χ1v) is 6.46. The Hall–Kier alpha value is -1.63. The Bertz CT molecular complexity index is 549. The molecule has 0 saturated heterocycles. The Morgan fingerprint density at radius 1 is 1.28 bits per heavy atom. The number of benzene rings is 1. The highest BCUT2D eigenvalue weighted by molar-refractivity contribution is 6.15. The predicted molar refractivity (Wildman–Crippen MR) is 79.7 cm³/mol. The van der Waals surface area contributed by atoms with Crippen molar-refractivity contribution in [3.63, 3.8) is 0 Å². The molecule has 1 aliphatic rings. The van der Waals surface area contributed by atoms with Crippen LogP contribution < -0.4 is 0 Å². The predicted octanol–water partition coefficient (Wildman–Crippen LogP) is 4.34. The van der Waals surface area contributed by atoms with Crippen LogP contribution in [0.15, 0.2) is 41.9 Å². The third-order valence-corrected chi connectivity index (χ3v) is 3.85. The van der Waals surface area contributed by atoms with Crippen LogP contribution in [0.4, 0.5) is 0 Å². The van der Waals surface area contributed by atoms with Crippen LogP contribution in [-0.2, 0) is 0 Å². The summed E-state index contributed by atoms with van der Waals surface area (Å²) in [6.07, 6.45) is 1.79. The van der Waals surface area contributed by atoms with Crippen molar-refractivity contribution in [1.82, 2.24) is 0 Å². The quantitative estimate of drug-likeness (QED) is 0.681. The molecule has 0 amide bonds. The third kappa shape index (κ3) is 1.94. The Kier molecular flexibility index (Phi) is 3.25. The minimum Gasteiger partial charge on any atom is -0.280 e. The van der Waals surface area contributed by atoms with Crippen molar-refractivity contribution in [3.05, 3.63) is 59.2 Å². The lowest BCUT2D eigenvalue weighted by Crippen LogP contribution is -2.24. The number of aryl methyl sites for hydroxylation is 2. The maximum atomic E-state index is 4.80. The highest BCUT2D eigenvalue weighted by Gasteiger charge is 2.27. The van der Waals surface area contributed by atoms with Crippen LogP contribution in [0.2, 0.25) is 0 Å². The normalized spacial score (nSPS) is 22.1. The third-order valence-electron chi connectivity index (χ3n) is 3.85. The average Bonchev–Trinajstić information content (AvgIpc) is 2.32. The number of fused-ring (bicyclic) bond motifs is 1. The van der Waals surface area contributed by atoms with Crippen LogP contribution in [0.3, 0.4) is 0 Å². The van der Waals surface area contributed by atoms with Crippen LogP contribution in [-0.4, -0.2) is 11.8 Å². The van der Waals surface area contributed by atoms with Gasteiger partial charge in [-0.05, 0) is 43.5 Å². The van der Waals surface area contributed by atoms with Gasteiger partial charge >= 0.3 is 0 Å². The van der Waals surface area contributed by atoms with E-state index >= 15 is 0 Å². The summed E-state index contributed by atoms with van der Waals surface area (Å²) in [6.45, 7) is 16.6. The van der Waals surface area contributed by atoms with Crippen molar-refractivity contribution in [2.75, 3.05) is 0 Å². The van der Waals surface area contributed by atoms with Crippen molar-refractivity contribution < 1.29 is 0 Å². The van der Waals surface area contributed by atoms with Gasteiger partial charge in [0.25, 0.3) is 0 Å². The van der Waals surface area contributed by atoms with Gasteiger partial charge in [-0.1, -0.05) is 37.8 Å². The first kappa shape index (κ1) is 12.8. The molecule has 2 unspecified atom stereocenters. The molecule has 1 aromatic carbocycles. The minimum absolute atomic E-state index is 0.297. The van der Waals surface area contributed by atoms with Crippen LogP contribution in [0.25, 0.3) is 0 Å². The number of allylic oxidation sites excluding steroid dienone is 2. The van der Waals surface area contributed by atoms with Gasteiger partial charge in [0, 0.05) is 11.5 Å². The van der Waals surface area contributed by atoms with Gasteiger partial charge in [-0.25, -0.2) is 0 Å². The molecule has 0 fully saturated rings. The van der Waals surface area contributed by atoms with E-state index in [2.05, 4.69) is 53.0 Å². The maximum absolute atomic E-state index is 4.80. The summed E-state index contributed by atoms with van der Waals surface area (Å²) >= 11 is 0. The molecule has 1 heterocycles. The fourth-order valence-corrected chi connectivity index (χ4v) is 2.76. The van der Waals surface area contributed by atoms with Gasteiger partial charge in [-0.3, -0.25) is 4.99 Å². The van der Waals surface area contributed by atoms with E-state index in [0.717, 1.165) is 11.3 Å². The molecule has 18 heavy (non-hydrogen) atoms. The van der Waals surface area contributed by atoms with Crippen LogP contribution in [0.1, 0.15) is 42.0 Å². The molecule has 0 aliphatic carbocycles. The van der Waals surface area contributed by atoms with Crippen LogP contribution in [0, 0.1) is 13.8 Å². The Labute approximate surface area is 110 Å². The smallest absolute Gasteiger partial charge is 0.0719 e. The summed E-state index contributed by atoms with van der Waals surface area (Å²) in [4.78, 5) is 4.80. The van der Waals surface area contributed by atoms with Gasteiger partial charge in [0.1, 0.15) is 0 Å². The molecule has 1 nitrogen and oxygen atoms in total. The van der Waals surface area contributed by atoms with Gasteiger partial charge < -0.3 is 0 Å². The standard InChI is InChI=1S/C17H21N/c1-7-11(3)17-15-9-10(2)8-12(4)16(15)13(5)14(6)18-17/h7-9,13-14H,1,3H2,2,4-6H3. The maximum Gasteiger partial charge on any atom is 0.0719 e. The van der Waals surface area contributed by atoms with Gasteiger partial charge in [0.05, 0.1) is 11.8 Å². The van der Waals surface area contributed by atoms with E-state index in [4.69, 9.17) is 4.99 Å². The molecule has 0 aromatic heterocycles. The molecule has 1 heteroatoms. The average molecular weight is 239 g/mol. The second-order valence-corrected chi connectivity index (χ2v) is 5.28. The summed E-state index contributed by atoms with van der Waals surface area (Å²) in [7, 11) is 0. The number of rotatable bonds is 2. The van der Waals surface area contributed by atoms with E-state index in [-0.39, 0.29) is 0 Å². The van der Waals surface area contributed by atoms with Crippen molar-refractivity contribution in [3.8, 4) is 0 Å². The van der Waals surface area contributed by atoms with E-state index in [9.17, 15) is 0 Å². The first-order chi connectivity index (χ1) is 8.45. The lowest BCUT2D eigenvalue weighted by Gasteiger charge is -2.29. The summed E-state index contributed by atoms with van der Waals surface area (Å²) in [5.74, 6) is 0.460. The first-order valence-electron chi connectivity index (χ1n) is 6.46. The fraction of sp³-hybridized carbons (Fsp3) is 0.353. The molecular weight excluding hydrogens is 218 g/mol. The van der Waals surface area contributed by atoms with Crippen molar-refractivity contribution in [2.45, 2.75) is 39.7 Å². The van der Waals surface area contributed by atoms with Gasteiger partial charge in [-0.2, -0.15) is 0 Å². The second-order valence-electron chi connectivity index (χ2n) is 5.28. The monoisotopic (exact) mass is 239 g/mol. The van der Waals surface area contributed by atoms with Gasteiger partial charge in [-0.15, -0.1) is 0 Å². The van der Waals surface area contributed by atoms with E-state index in [0.29, 0.717) is 12.0 Å². The molecule has 1 aliphatic heterocycles. The van der Waals surface area contributed by atoms with E-state index < -0.39 is 0 Å². The van der Waals surface area contributed by atoms with Gasteiger partial charge in [0.2, 0.25) is 0 Å². The van der Waals surface area contributed by atoms with Gasteiger partial charge in [0.15, 0.2) is 0 Å². The molecule has 0 saturated carbocycles. The lowest BCUT2D eigenvalue weighted by atomic mass is 9.81. The summed E-state index contributed by atoms with van der Waals surface area (Å²) in [6, 6.07) is 4.77. The largest absolute Gasteiger partial charge is 0.280 e. The molecule has 94 valence electrons. The lowest BCUT2D eigenvalue weighted by molar-refractivity contribution is 0.602. The molecule has 0 bridgehead atoms. The number of aliphatic imine (C=N–C) groups is 1. The van der Waals surface area contributed by atoms with Crippen LogP contribution in [0.5, 0.6) is 0 Å².